The first-order valence-electron chi connectivity index (χ1n) is 11.6. The van der Waals surface area contributed by atoms with Gasteiger partial charge in [0.2, 0.25) is 0 Å². The van der Waals surface area contributed by atoms with E-state index in [-0.39, 0.29) is 5.75 Å². The number of carbonyl (C=O) groups is 1. The molecular formula is C27H30F3N3O4. The van der Waals surface area contributed by atoms with Crippen LogP contribution >= 0.6 is 0 Å². The van der Waals surface area contributed by atoms with E-state index in [1.54, 1.807) is 30.5 Å². The molecule has 2 aromatic carbocycles. The maximum Gasteiger partial charge on any atom is 0.573 e. The number of hydrogen-bond donors (Lipinski definition) is 1. The first-order valence-corrected chi connectivity index (χ1v) is 11.6. The summed E-state index contributed by atoms with van der Waals surface area (Å²) in [5, 5.41) is 9.25. The van der Waals surface area contributed by atoms with Gasteiger partial charge in [-0.2, -0.15) is 0 Å². The highest BCUT2D eigenvalue weighted by Gasteiger charge is 2.31. The van der Waals surface area contributed by atoms with Crippen molar-refractivity contribution in [2.24, 2.45) is 0 Å². The minimum atomic E-state index is -4.74. The number of hydrogen-bond acceptors (Lipinski definition) is 6. The number of alkyl halides is 3. The highest BCUT2D eigenvalue weighted by Crippen LogP contribution is 2.25. The standard InChI is InChI=1S/C27H30F3N3O4/c1-26(2,25(34)35)36-22-10-5-19(6-11-22)15-16-33(24-14-9-21(17-31-24)32(3)4)18-20-7-12-23(13-8-20)37-27(28,29)30/h5-14,17H,15-16,18H2,1-4H3,(H,34,35). The Kier molecular flexibility index (Phi) is 8.52. The number of ether oxygens (including phenoxy) is 2. The number of benzene rings is 2. The van der Waals surface area contributed by atoms with Gasteiger partial charge in [-0.15, -0.1) is 13.2 Å². The van der Waals surface area contributed by atoms with Gasteiger partial charge in [-0.05, 0) is 67.8 Å². The van der Waals surface area contributed by atoms with E-state index in [0.717, 1.165) is 22.6 Å². The van der Waals surface area contributed by atoms with Crippen LogP contribution in [0.1, 0.15) is 25.0 Å². The molecule has 1 N–H and O–H groups in total. The summed E-state index contributed by atoms with van der Waals surface area (Å²) in [5.74, 6) is -0.151. The zero-order valence-corrected chi connectivity index (χ0v) is 21.1. The molecule has 0 saturated carbocycles. The van der Waals surface area contributed by atoms with Crippen LogP contribution in [0.3, 0.4) is 0 Å². The SMILES string of the molecule is CN(C)c1ccc(N(CCc2ccc(OC(C)(C)C(=O)O)cc2)Cc2ccc(OC(F)(F)F)cc2)nc1. The molecule has 0 aliphatic rings. The van der Waals surface area contributed by atoms with Crippen molar-refractivity contribution in [3.8, 4) is 11.5 Å². The molecule has 1 heterocycles. The lowest BCUT2D eigenvalue weighted by atomic mass is 10.1. The molecule has 3 aromatic rings. The maximum atomic E-state index is 12.5. The Morgan fingerprint density at radius 1 is 0.892 bits per heavy atom. The van der Waals surface area contributed by atoms with Crippen LogP contribution in [0.2, 0.25) is 0 Å². The van der Waals surface area contributed by atoms with Crippen LogP contribution in [-0.4, -0.2) is 48.7 Å². The number of halogens is 3. The van der Waals surface area contributed by atoms with Crippen molar-refractivity contribution in [2.75, 3.05) is 30.4 Å². The zero-order valence-electron chi connectivity index (χ0n) is 21.1. The van der Waals surface area contributed by atoms with Crippen molar-refractivity contribution in [1.29, 1.82) is 0 Å². The van der Waals surface area contributed by atoms with Gasteiger partial charge >= 0.3 is 12.3 Å². The fourth-order valence-corrected chi connectivity index (χ4v) is 3.45. The van der Waals surface area contributed by atoms with Crippen LogP contribution in [0.25, 0.3) is 0 Å². The fraction of sp³-hybridized carbons (Fsp3) is 0.333. The highest BCUT2D eigenvalue weighted by molar-refractivity contribution is 5.76. The Labute approximate surface area is 214 Å². The smallest absolute Gasteiger partial charge is 0.478 e. The van der Waals surface area contributed by atoms with Gasteiger partial charge in [-0.25, -0.2) is 9.78 Å². The molecule has 0 amide bonds. The molecule has 0 atom stereocenters. The Bertz CT molecular complexity index is 1160. The van der Waals surface area contributed by atoms with Crippen LogP contribution in [-0.2, 0) is 17.8 Å². The van der Waals surface area contributed by atoms with E-state index in [1.807, 2.05) is 48.2 Å². The molecule has 37 heavy (non-hydrogen) atoms. The number of aromatic nitrogens is 1. The van der Waals surface area contributed by atoms with Gasteiger partial charge in [0, 0.05) is 27.2 Å². The molecule has 10 heteroatoms. The largest absolute Gasteiger partial charge is 0.573 e. The Morgan fingerprint density at radius 2 is 1.46 bits per heavy atom. The Morgan fingerprint density at radius 3 is 1.95 bits per heavy atom. The molecule has 0 spiro atoms. The molecule has 0 saturated heterocycles. The topological polar surface area (TPSA) is 75.1 Å². The fourth-order valence-electron chi connectivity index (χ4n) is 3.45. The predicted molar refractivity (Wildman–Crippen MR) is 135 cm³/mol. The molecule has 0 unspecified atom stereocenters. The lowest BCUT2D eigenvalue weighted by molar-refractivity contribution is -0.274. The van der Waals surface area contributed by atoms with Crippen LogP contribution in [0.15, 0.2) is 66.9 Å². The second kappa shape index (κ2) is 11.4. The molecule has 0 fully saturated rings. The molecule has 1 aromatic heterocycles. The number of rotatable bonds is 11. The number of aliphatic carboxylic acids is 1. The number of nitrogens with zero attached hydrogens (tertiary/aromatic N) is 3. The van der Waals surface area contributed by atoms with Gasteiger partial charge in [-0.3, -0.25) is 0 Å². The van der Waals surface area contributed by atoms with Crippen LogP contribution in [0.5, 0.6) is 11.5 Å². The van der Waals surface area contributed by atoms with Crippen LogP contribution in [0.4, 0.5) is 24.7 Å². The number of pyridine rings is 1. The predicted octanol–water partition coefficient (Wildman–Crippen LogP) is 5.54. The van der Waals surface area contributed by atoms with Gasteiger partial charge in [0.15, 0.2) is 5.60 Å². The molecule has 0 radical (unpaired) electrons. The normalized spacial score (nSPS) is 11.6. The van der Waals surface area contributed by atoms with E-state index in [2.05, 4.69) is 9.72 Å². The first kappa shape index (κ1) is 27.6. The first-order chi connectivity index (χ1) is 17.3. The molecular weight excluding hydrogens is 487 g/mol. The van der Waals surface area contributed by atoms with Crippen molar-refractivity contribution in [2.45, 2.75) is 38.8 Å². The van der Waals surface area contributed by atoms with E-state index in [1.165, 1.54) is 26.0 Å². The summed E-state index contributed by atoms with van der Waals surface area (Å²) in [7, 11) is 3.84. The average molecular weight is 518 g/mol. The van der Waals surface area contributed by atoms with E-state index >= 15 is 0 Å². The van der Waals surface area contributed by atoms with Crippen molar-refractivity contribution in [1.82, 2.24) is 4.98 Å². The molecule has 198 valence electrons. The summed E-state index contributed by atoms with van der Waals surface area (Å²) >= 11 is 0. The maximum absolute atomic E-state index is 12.5. The average Bonchev–Trinajstić information content (AvgIpc) is 2.82. The van der Waals surface area contributed by atoms with E-state index < -0.39 is 17.9 Å². The van der Waals surface area contributed by atoms with Crippen molar-refractivity contribution in [3.63, 3.8) is 0 Å². The van der Waals surface area contributed by atoms with Gasteiger partial charge < -0.3 is 24.4 Å². The quantitative estimate of drug-likeness (QED) is 0.358. The third kappa shape index (κ3) is 8.30. The van der Waals surface area contributed by atoms with Crippen molar-refractivity contribution < 1.29 is 32.5 Å². The van der Waals surface area contributed by atoms with Crippen molar-refractivity contribution in [3.05, 3.63) is 78.0 Å². The molecule has 7 nitrogen and oxygen atoms in total. The minimum Gasteiger partial charge on any atom is -0.478 e. The third-order valence-electron chi connectivity index (χ3n) is 5.58. The Hall–Kier alpha value is -3.95. The van der Waals surface area contributed by atoms with E-state index in [0.29, 0.717) is 25.3 Å². The number of anilines is 2. The Balaban J connectivity index is 1.74. The van der Waals surface area contributed by atoms with Crippen molar-refractivity contribution >= 4 is 17.5 Å². The number of carboxylic acids is 1. The summed E-state index contributed by atoms with van der Waals surface area (Å²) in [4.78, 5) is 19.9. The van der Waals surface area contributed by atoms with Gasteiger partial charge in [0.25, 0.3) is 0 Å². The summed E-state index contributed by atoms with van der Waals surface area (Å²) in [6.07, 6.45) is -2.33. The summed E-state index contributed by atoms with van der Waals surface area (Å²) in [6.45, 7) is 3.97. The lowest BCUT2D eigenvalue weighted by Crippen LogP contribution is -2.37. The molecule has 0 aliphatic heterocycles. The zero-order chi connectivity index (χ0) is 27.2. The summed E-state index contributed by atoms with van der Waals surface area (Å²) in [5.41, 5.74) is 1.40. The summed E-state index contributed by atoms with van der Waals surface area (Å²) in [6, 6.07) is 16.8. The second-order valence-corrected chi connectivity index (χ2v) is 9.19. The lowest BCUT2D eigenvalue weighted by Gasteiger charge is -2.25. The molecule has 3 rings (SSSR count). The molecule has 0 aliphatic carbocycles. The minimum absolute atomic E-state index is 0.273. The van der Waals surface area contributed by atoms with Gasteiger partial charge in [0.05, 0.1) is 11.9 Å². The second-order valence-electron chi connectivity index (χ2n) is 9.19. The van der Waals surface area contributed by atoms with Crippen LogP contribution < -0.4 is 19.3 Å². The van der Waals surface area contributed by atoms with Crippen LogP contribution in [0, 0.1) is 0 Å². The van der Waals surface area contributed by atoms with Gasteiger partial charge in [-0.1, -0.05) is 24.3 Å². The monoisotopic (exact) mass is 517 g/mol. The molecule has 0 bridgehead atoms. The highest BCUT2D eigenvalue weighted by atomic mass is 19.4. The van der Waals surface area contributed by atoms with E-state index in [4.69, 9.17) is 4.74 Å². The number of carboxylic acid groups (broad SMARTS) is 1. The van der Waals surface area contributed by atoms with Gasteiger partial charge in [0.1, 0.15) is 17.3 Å². The van der Waals surface area contributed by atoms with E-state index in [9.17, 15) is 23.1 Å². The summed E-state index contributed by atoms with van der Waals surface area (Å²) < 4.78 is 47.0. The third-order valence-corrected chi connectivity index (χ3v) is 5.58.